The lowest BCUT2D eigenvalue weighted by Crippen LogP contribution is -2.53. The zero-order valence-corrected chi connectivity index (χ0v) is 24.7. The summed E-state index contributed by atoms with van der Waals surface area (Å²) in [4.78, 5) is 29.1. The van der Waals surface area contributed by atoms with Gasteiger partial charge in [0.2, 0.25) is 11.8 Å². The molecule has 0 radical (unpaired) electrons. The summed E-state index contributed by atoms with van der Waals surface area (Å²) >= 11 is 0. The van der Waals surface area contributed by atoms with Gasteiger partial charge in [0.25, 0.3) is 10.0 Å². The van der Waals surface area contributed by atoms with Gasteiger partial charge < -0.3 is 10.2 Å². The van der Waals surface area contributed by atoms with Crippen molar-refractivity contribution in [3.8, 4) is 0 Å². The second kappa shape index (κ2) is 13.3. The highest BCUT2D eigenvalue weighted by atomic mass is 32.2. The largest absolute Gasteiger partial charge is 0.352 e. The van der Waals surface area contributed by atoms with Crippen LogP contribution in [-0.4, -0.2) is 43.8 Å². The van der Waals surface area contributed by atoms with Crippen molar-refractivity contribution < 1.29 is 22.4 Å². The highest BCUT2D eigenvalue weighted by Crippen LogP contribution is 2.28. The summed E-state index contributed by atoms with van der Waals surface area (Å²) in [6.07, 6.45) is 4.21. The van der Waals surface area contributed by atoms with Crippen molar-refractivity contribution in [2.75, 3.05) is 10.8 Å². The van der Waals surface area contributed by atoms with E-state index in [4.69, 9.17) is 0 Å². The van der Waals surface area contributed by atoms with Crippen molar-refractivity contribution in [3.63, 3.8) is 0 Å². The molecular formula is C32H38FN3O4S. The maximum absolute atomic E-state index is 14.1. The molecule has 1 aliphatic carbocycles. The molecule has 218 valence electrons. The first-order valence-electron chi connectivity index (χ1n) is 14.1. The normalized spacial score (nSPS) is 14.4. The number of amides is 2. The number of halogens is 1. The Morgan fingerprint density at radius 2 is 1.59 bits per heavy atom. The van der Waals surface area contributed by atoms with Gasteiger partial charge in [0, 0.05) is 12.6 Å². The number of nitrogens with one attached hydrogen (secondary N) is 1. The number of anilines is 1. The summed E-state index contributed by atoms with van der Waals surface area (Å²) in [7, 11) is -4.14. The summed E-state index contributed by atoms with van der Waals surface area (Å²) in [6.45, 7) is 5.01. The number of rotatable bonds is 11. The Morgan fingerprint density at radius 3 is 2.20 bits per heavy atom. The molecule has 0 spiro atoms. The van der Waals surface area contributed by atoms with Crippen LogP contribution in [0.2, 0.25) is 0 Å². The molecule has 1 aliphatic rings. The predicted octanol–water partition coefficient (Wildman–Crippen LogP) is 5.50. The number of aryl methyl sites for hydroxylation is 2. The fraction of sp³-hybridized carbons (Fsp3) is 0.375. The second-order valence-corrected chi connectivity index (χ2v) is 12.5. The Balaban J connectivity index is 1.72. The number of hydrogen-bond acceptors (Lipinski definition) is 4. The summed E-state index contributed by atoms with van der Waals surface area (Å²) < 4.78 is 42.8. The molecular weight excluding hydrogens is 541 g/mol. The van der Waals surface area contributed by atoms with Gasteiger partial charge in [-0.1, -0.05) is 67.8 Å². The molecule has 0 bridgehead atoms. The Hall–Kier alpha value is -3.72. The molecule has 1 N–H and O–H groups in total. The van der Waals surface area contributed by atoms with Gasteiger partial charge >= 0.3 is 0 Å². The molecule has 0 heterocycles. The van der Waals surface area contributed by atoms with Gasteiger partial charge in [-0.15, -0.1) is 0 Å². The van der Waals surface area contributed by atoms with Crippen LogP contribution in [0.5, 0.6) is 0 Å². The van der Waals surface area contributed by atoms with Gasteiger partial charge in [-0.2, -0.15) is 0 Å². The Labute approximate surface area is 242 Å². The van der Waals surface area contributed by atoms with Crippen molar-refractivity contribution in [1.29, 1.82) is 0 Å². The molecule has 7 nitrogen and oxygen atoms in total. The lowest BCUT2D eigenvalue weighted by atomic mass is 10.1. The first kappa shape index (κ1) is 30.2. The van der Waals surface area contributed by atoms with Gasteiger partial charge in [0.15, 0.2) is 0 Å². The number of carbonyl (C=O) groups excluding carboxylic acids is 2. The predicted molar refractivity (Wildman–Crippen MR) is 158 cm³/mol. The Kier molecular flexibility index (Phi) is 9.81. The zero-order valence-electron chi connectivity index (χ0n) is 23.8. The molecule has 1 fully saturated rings. The van der Waals surface area contributed by atoms with Crippen molar-refractivity contribution in [2.45, 2.75) is 76.4 Å². The Morgan fingerprint density at radius 1 is 0.951 bits per heavy atom. The highest BCUT2D eigenvalue weighted by Gasteiger charge is 2.35. The van der Waals surface area contributed by atoms with Gasteiger partial charge in [-0.05, 0) is 74.6 Å². The number of benzene rings is 3. The highest BCUT2D eigenvalue weighted by molar-refractivity contribution is 7.92. The number of para-hydroxylation sites is 1. The van der Waals surface area contributed by atoms with Crippen molar-refractivity contribution in [1.82, 2.24) is 10.2 Å². The molecule has 9 heteroatoms. The van der Waals surface area contributed by atoms with Crippen molar-refractivity contribution in [2.24, 2.45) is 0 Å². The standard InChI is InChI=1S/C32H38FN3O4S/c1-4-29(32(38)34-27-10-6-7-11-27)35(21-25-15-17-26(33)18-16-25)31(37)22-36(30-12-8-5-9-24(30)3)41(39,40)28-19-13-23(2)14-20-28/h5,8-9,12-20,27,29H,4,6-7,10-11,21-22H2,1-3H3,(H,34,38). The first-order chi connectivity index (χ1) is 19.6. The fourth-order valence-electron chi connectivity index (χ4n) is 5.27. The van der Waals surface area contributed by atoms with E-state index in [1.165, 1.54) is 29.2 Å². The van der Waals surface area contributed by atoms with Crippen LogP contribution in [0.15, 0.2) is 77.7 Å². The lowest BCUT2D eigenvalue weighted by molar-refractivity contribution is -0.140. The molecule has 4 rings (SSSR count). The minimum atomic E-state index is -4.14. The summed E-state index contributed by atoms with van der Waals surface area (Å²) in [5, 5.41) is 3.09. The molecule has 1 saturated carbocycles. The molecule has 3 aromatic carbocycles. The lowest BCUT2D eigenvalue weighted by Gasteiger charge is -2.34. The number of nitrogens with zero attached hydrogens (tertiary/aromatic N) is 2. The first-order valence-corrected chi connectivity index (χ1v) is 15.5. The van der Waals surface area contributed by atoms with E-state index in [0.29, 0.717) is 23.2 Å². The van der Waals surface area contributed by atoms with E-state index in [-0.39, 0.29) is 23.4 Å². The van der Waals surface area contributed by atoms with Crippen molar-refractivity contribution >= 4 is 27.5 Å². The van der Waals surface area contributed by atoms with Gasteiger partial charge in [-0.3, -0.25) is 13.9 Å². The monoisotopic (exact) mass is 579 g/mol. The molecule has 2 amide bonds. The third-order valence-electron chi connectivity index (χ3n) is 7.63. The fourth-order valence-corrected chi connectivity index (χ4v) is 6.75. The number of sulfonamides is 1. The van der Waals surface area contributed by atoms with E-state index in [1.54, 1.807) is 55.5 Å². The van der Waals surface area contributed by atoms with Crippen LogP contribution in [-0.2, 0) is 26.2 Å². The molecule has 1 unspecified atom stereocenters. The maximum atomic E-state index is 14.1. The topological polar surface area (TPSA) is 86.8 Å². The van der Waals surface area contributed by atoms with Gasteiger partial charge in [-0.25, -0.2) is 12.8 Å². The van der Waals surface area contributed by atoms with Crippen LogP contribution < -0.4 is 9.62 Å². The van der Waals surface area contributed by atoms with Gasteiger partial charge in [0.1, 0.15) is 18.4 Å². The van der Waals surface area contributed by atoms with Gasteiger partial charge in [0.05, 0.1) is 10.6 Å². The van der Waals surface area contributed by atoms with Crippen LogP contribution in [0.25, 0.3) is 0 Å². The number of carbonyl (C=O) groups is 2. The average molecular weight is 580 g/mol. The summed E-state index contributed by atoms with van der Waals surface area (Å²) in [6, 6.07) is 18.5. The quantitative estimate of drug-likeness (QED) is 0.325. The minimum Gasteiger partial charge on any atom is -0.352 e. The molecule has 3 aromatic rings. The van der Waals surface area contributed by atoms with E-state index in [1.807, 2.05) is 13.8 Å². The van der Waals surface area contributed by atoms with E-state index in [9.17, 15) is 22.4 Å². The van der Waals surface area contributed by atoms with Crippen LogP contribution >= 0.6 is 0 Å². The second-order valence-electron chi connectivity index (χ2n) is 10.7. The minimum absolute atomic E-state index is 0.0297. The van der Waals surface area contributed by atoms with Crippen LogP contribution in [0.4, 0.5) is 10.1 Å². The summed E-state index contributed by atoms with van der Waals surface area (Å²) in [5.74, 6) is -1.20. The average Bonchev–Trinajstić information content (AvgIpc) is 3.46. The molecule has 0 aromatic heterocycles. The molecule has 0 aliphatic heterocycles. The van der Waals surface area contributed by atoms with Crippen LogP contribution in [0, 0.1) is 19.7 Å². The number of hydrogen-bond donors (Lipinski definition) is 1. The van der Waals surface area contributed by atoms with E-state index in [0.717, 1.165) is 35.6 Å². The molecule has 41 heavy (non-hydrogen) atoms. The van der Waals surface area contributed by atoms with Crippen LogP contribution in [0.3, 0.4) is 0 Å². The third kappa shape index (κ3) is 7.33. The van der Waals surface area contributed by atoms with E-state index in [2.05, 4.69) is 5.32 Å². The van der Waals surface area contributed by atoms with Crippen molar-refractivity contribution in [3.05, 3.63) is 95.3 Å². The van der Waals surface area contributed by atoms with E-state index >= 15 is 0 Å². The van der Waals surface area contributed by atoms with E-state index < -0.39 is 34.3 Å². The maximum Gasteiger partial charge on any atom is 0.264 e. The summed E-state index contributed by atoms with van der Waals surface area (Å²) in [5.41, 5.74) is 2.61. The molecule has 0 saturated heterocycles. The van der Waals surface area contributed by atoms with Crippen LogP contribution in [0.1, 0.15) is 55.7 Å². The Bertz CT molecular complexity index is 1450. The third-order valence-corrected chi connectivity index (χ3v) is 9.40. The molecule has 1 atom stereocenters. The smallest absolute Gasteiger partial charge is 0.264 e. The SMILES string of the molecule is CCC(C(=O)NC1CCCC1)N(Cc1ccc(F)cc1)C(=O)CN(c1ccccc1C)S(=O)(=O)c1ccc(C)cc1. The zero-order chi connectivity index (χ0) is 29.6.